The standard InChI is InChI=1S/C23H23ClN4O/c24-20-9-5-4-8-18(20)15-28-22(29)19-16-26(14-17-6-2-1-3-7-17)12-10-21(19)27-13-11-25-23(27)28/h1-9H,10-16H2. The number of aliphatic imine (C=N–C) groups is 1. The molecule has 0 radical (unpaired) electrons. The van der Waals surface area contributed by atoms with E-state index in [1.54, 1.807) is 4.90 Å². The fraction of sp³-hybridized carbons (Fsp3) is 0.304. The lowest BCUT2D eigenvalue weighted by Crippen LogP contribution is -2.53. The smallest absolute Gasteiger partial charge is 0.259 e. The zero-order valence-corrected chi connectivity index (χ0v) is 17.0. The zero-order chi connectivity index (χ0) is 19.8. The molecular weight excluding hydrogens is 384 g/mol. The van der Waals surface area contributed by atoms with Gasteiger partial charge >= 0.3 is 0 Å². The Morgan fingerprint density at radius 1 is 0.966 bits per heavy atom. The first-order valence-corrected chi connectivity index (χ1v) is 10.4. The molecule has 3 aliphatic rings. The van der Waals surface area contributed by atoms with Crippen LogP contribution in [0.4, 0.5) is 0 Å². The van der Waals surface area contributed by atoms with Gasteiger partial charge in [0.2, 0.25) is 5.96 Å². The number of halogens is 1. The third kappa shape index (κ3) is 3.45. The zero-order valence-electron chi connectivity index (χ0n) is 16.2. The van der Waals surface area contributed by atoms with Gasteiger partial charge in [0.15, 0.2) is 0 Å². The average Bonchev–Trinajstić information content (AvgIpc) is 3.23. The Hall–Kier alpha value is -2.63. The summed E-state index contributed by atoms with van der Waals surface area (Å²) in [7, 11) is 0. The molecule has 0 spiro atoms. The number of carbonyl (C=O) groups is 1. The van der Waals surface area contributed by atoms with Gasteiger partial charge in [-0.25, -0.2) is 0 Å². The third-order valence-corrected chi connectivity index (χ3v) is 6.19. The Labute approximate surface area is 175 Å². The molecule has 3 aliphatic heterocycles. The Kier molecular flexibility index (Phi) is 4.86. The summed E-state index contributed by atoms with van der Waals surface area (Å²) in [6.07, 6.45) is 0.882. The van der Waals surface area contributed by atoms with Crippen LogP contribution in [0.25, 0.3) is 0 Å². The lowest BCUT2D eigenvalue weighted by atomic mass is 10.00. The van der Waals surface area contributed by atoms with E-state index in [0.717, 1.165) is 55.4 Å². The van der Waals surface area contributed by atoms with E-state index in [2.05, 4.69) is 39.1 Å². The second-order valence-corrected chi connectivity index (χ2v) is 8.09. The summed E-state index contributed by atoms with van der Waals surface area (Å²) in [5, 5.41) is 0.680. The molecule has 6 heteroatoms. The summed E-state index contributed by atoms with van der Waals surface area (Å²) in [6.45, 7) is 4.51. The first kappa shape index (κ1) is 18.4. The van der Waals surface area contributed by atoms with Gasteiger partial charge in [-0.2, -0.15) is 0 Å². The van der Waals surface area contributed by atoms with Crippen LogP contribution in [0.3, 0.4) is 0 Å². The van der Waals surface area contributed by atoms with E-state index in [-0.39, 0.29) is 5.91 Å². The predicted octanol–water partition coefficient (Wildman–Crippen LogP) is 3.51. The molecule has 0 fully saturated rings. The number of rotatable bonds is 4. The Morgan fingerprint density at radius 3 is 2.59 bits per heavy atom. The molecule has 3 heterocycles. The van der Waals surface area contributed by atoms with Crippen LogP contribution in [0.5, 0.6) is 0 Å². The normalized spacial score (nSPS) is 19.3. The largest absolute Gasteiger partial charge is 0.314 e. The van der Waals surface area contributed by atoms with Gasteiger partial charge in [-0.3, -0.25) is 19.6 Å². The highest BCUT2D eigenvalue weighted by Gasteiger charge is 2.41. The van der Waals surface area contributed by atoms with E-state index in [1.165, 1.54) is 5.56 Å². The van der Waals surface area contributed by atoms with Gasteiger partial charge in [0, 0.05) is 43.3 Å². The number of amides is 1. The average molecular weight is 407 g/mol. The molecule has 0 atom stereocenters. The van der Waals surface area contributed by atoms with Crippen LogP contribution < -0.4 is 0 Å². The van der Waals surface area contributed by atoms with Crippen molar-refractivity contribution < 1.29 is 4.79 Å². The molecular formula is C23H23ClN4O. The quantitative estimate of drug-likeness (QED) is 0.780. The summed E-state index contributed by atoms with van der Waals surface area (Å²) in [4.78, 5) is 24.6. The van der Waals surface area contributed by atoms with Crippen LogP contribution in [0, 0.1) is 0 Å². The number of fused-ring (bicyclic) bond motifs is 2. The van der Waals surface area contributed by atoms with Crippen molar-refractivity contribution in [2.75, 3.05) is 26.2 Å². The molecule has 0 unspecified atom stereocenters. The van der Waals surface area contributed by atoms with Gasteiger partial charge in [-0.05, 0) is 17.2 Å². The molecule has 1 amide bonds. The van der Waals surface area contributed by atoms with Crippen LogP contribution in [0.15, 0.2) is 70.9 Å². The highest BCUT2D eigenvalue weighted by Crippen LogP contribution is 2.32. The van der Waals surface area contributed by atoms with Crippen molar-refractivity contribution in [2.24, 2.45) is 4.99 Å². The molecule has 0 N–H and O–H groups in total. The molecule has 5 rings (SSSR count). The maximum atomic E-state index is 13.5. The monoisotopic (exact) mass is 406 g/mol. The number of carbonyl (C=O) groups excluding carboxylic acids is 1. The van der Waals surface area contributed by atoms with E-state index >= 15 is 0 Å². The Balaban J connectivity index is 1.42. The molecule has 0 bridgehead atoms. The Bertz CT molecular complexity index is 1000. The third-order valence-electron chi connectivity index (χ3n) is 5.82. The van der Waals surface area contributed by atoms with Crippen LogP contribution in [-0.4, -0.2) is 52.7 Å². The summed E-state index contributed by atoms with van der Waals surface area (Å²) in [5.41, 5.74) is 4.28. The number of nitrogens with zero attached hydrogens (tertiary/aromatic N) is 4. The van der Waals surface area contributed by atoms with E-state index in [0.29, 0.717) is 18.1 Å². The summed E-state index contributed by atoms with van der Waals surface area (Å²) >= 11 is 6.37. The molecule has 0 saturated carbocycles. The summed E-state index contributed by atoms with van der Waals surface area (Å²) < 4.78 is 0. The van der Waals surface area contributed by atoms with Crippen LogP contribution in [-0.2, 0) is 17.9 Å². The lowest BCUT2D eigenvalue weighted by Gasteiger charge is -2.42. The minimum absolute atomic E-state index is 0.0644. The first-order chi connectivity index (χ1) is 14.2. The number of hydrogen-bond donors (Lipinski definition) is 0. The molecule has 0 aliphatic carbocycles. The fourth-order valence-electron chi connectivity index (χ4n) is 4.39. The van der Waals surface area contributed by atoms with Crippen molar-refractivity contribution in [1.29, 1.82) is 0 Å². The molecule has 148 valence electrons. The summed E-state index contributed by atoms with van der Waals surface area (Å²) in [6, 6.07) is 18.1. The highest BCUT2D eigenvalue weighted by atomic mass is 35.5. The van der Waals surface area contributed by atoms with Crippen molar-refractivity contribution in [3.05, 3.63) is 82.0 Å². The van der Waals surface area contributed by atoms with Crippen molar-refractivity contribution in [3.63, 3.8) is 0 Å². The second-order valence-electron chi connectivity index (χ2n) is 7.69. The molecule has 2 aromatic rings. The van der Waals surface area contributed by atoms with Crippen molar-refractivity contribution >= 4 is 23.5 Å². The molecule has 0 saturated heterocycles. The topological polar surface area (TPSA) is 39.2 Å². The number of hydrogen-bond acceptors (Lipinski definition) is 4. The molecule has 29 heavy (non-hydrogen) atoms. The maximum absolute atomic E-state index is 13.5. The molecule has 2 aromatic carbocycles. The van der Waals surface area contributed by atoms with E-state index < -0.39 is 0 Å². The van der Waals surface area contributed by atoms with Crippen LogP contribution in [0.2, 0.25) is 5.02 Å². The van der Waals surface area contributed by atoms with Gasteiger partial charge in [0.25, 0.3) is 5.91 Å². The van der Waals surface area contributed by atoms with E-state index in [1.807, 2.05) is 30.3 Å². The number of benzene rings is 2. The van der Waals surface area contributed by atoms with E-state index in [9.17, 15) is 4.79 Å². The maximum Gasteiger partial charge on any atom is 0.259 e. The number of guanidine groups is 1. The SMILES string of the molecule is O=C1C2=C(CCN(Cc3ccccc3)C2)N2CCN=C2N1Cc1ccccc1Cl. The molecule has 0 aromatic heterocycles. The van der Waals surface area contributed by atoms with Crippen LogP contribution >= 0.6 is 11.6 Å². The van der Waals surface area contributed by atoms with Crippen LogP contribution in [0.1, 0.15) is 17.5 Å². The van der Waals surface area contributed by atoms with Gasteiger partial charge in [-0.1, -0.05) is 60.1 Å². The first-order valence-electron chi connectivity index (χ1n) is 10.1. The van der Waals surface area contributed by atoms with Gasteiger partial charge in [0.1, 0.15) is 0 Å². The minimum Gasteiger partial charge on any atom is -0.314 e. The minimum atomic E-state index is 0.0644. The fourth-order valence-corrected chi connectivity index (χ4v) is 4.59. The van der Waals surface area contributed by atoms with Gasteiger partial charge < -0.3 is 4.90 Å². The van der Waals surface area contributed by atoms with Gasteiger partial charge in [0.05, 0.1) is 18.7 Å². The van der Waals surface area contributed by atoms with Crippen molar-refractivity contribution in [2.45, 2.75) is 19.5 Å². The van der Waals surface area contributed by atoms with Crippen molar-refractivity contribution in [1.82, 2.24) is 14.7 Å². The predicted molar refractivity (Wildman–Crippen MR) is 114 cm³/mol. The lowest BCUT2D eigenvalue weighted by molar-refractivity contribution is -0.125. The van der Waals surface area contributed by atoms with E-state index in [4.69, 9.17) is 11.6 Å². The Morgan fingerprint density at radius 2 is 1.76 bits per heavy atom. The van der Waals surface area contributed by atoms with Gasteiger partial charge in [-0.15, -0.1) is 0 Å². The second kappa shape index (κ2) is 7.65. The summed E-state index contributed by atoms with van der Waals surface area (Å²) in [5.74, 6) is 0.847. The van der Waals surface area contributed by atoms with Crippen molar-refractivity contribution in [3.8, 4) is 0 Å². The highest BCUT2D eigenvalue weighted by molar-refractivity contribution is 6.31. The molecule has 5 nitrogen and oxygen atoms in total.